The first-order valence-corrected chi connectivity index (χ1v) is 4.32. The molecule has 13 heavy (non-hydrogen) atoms. The Labute approximate surface area is 78.9 Å². The zero-order valence-corrected chi connectivity index (χ0v) is 7.94. The van der Waals surface area contributed by atoms with E-state index in [0.29, 0.717) is 11.9 Å². The maximum Gasteiger partial charge on any atom is 0.488 e. The van der Waals surface area contributed by atoms with Gasteiger partial charge >= 0.3 is 7.12 Å². The fourth-order valence-corrected chi connectivity index (χ4v) is 0.820. The second kappa shape index (κ2) is 6.51. The smallest absolute Gasteiger partial charge is 0.488 e. The summed E-state index contributed by atoms with van der Waals surface area (Å²) < 4.78 is 0. The van der Waals surface area contributed by atoms with E-state index in [4.69, 9.17) is 15.2 Å². The highest BCUT2D eigenvalue weighted by Gasteiger charge is 2.11. The Morgan fingerprint density at radius 1 is 1.31 bits per heavy atom. The van der Waals surface area contributed by atoms with Crippen LogP contribution in [0.15, 0.2) is 35.5 Å². The summed E-state index contributed by atoms with van der Waals surface area (Å²) in [5, 5.41) is 26.4. The van der Waals surface area contributed by atoms with Gasteiger partial charge in [-0.15, -0.1) is 0 Å². The van der Waals surface area contributed by atoms with E-state index in [9.17, 15) is 0 Å². The van der Waals surface area contributed by atoms with E-state index in [-0.39, 0.29) is 5.76 Å². The molecule has 0 aliphatic heterocycles. The van der Waals surface area contributed by atoms with Crippen LogP contribution in [0.4, 0.5) is 0 Å². The van der Waals surface area contributed by atoms with Crippen molar-refractivity contribution in [2.45, 2.75) is 20.3 Å². The second-order valence-corrected chi connectivity index (χ2v) is 2.30. The van der Waals surface area contributed by atoms with Crippen LogP contribution >= 0.6 is 0 Å². The fourth-order valence-electron chi connectivity index (χ4n) is 0.820. The first kappa shape index (κ1) is 12.0. The van der Waals surface area contributed by atoms with Crippen molar-refractivity contribution in [2.24, 2.45) is 0 Å². The molecule has 3 nitrogen and oxygen atoms in total. The van der Waals surface area contributed by atoms with Crippen molar-refractivity contribution in [1.29, 1.82) is 0 Å². The van der Waals surface area contributed by atoms with Crippen molar-refractivity contribution in [3.05, 3.63) is 35.5 Å². The molecule has 0 aromatic rings. The van der Waals surface area contributed by atoms with Crippen molar-refractivity contribution in [3.63, 3.8) is 0 Å². The molecule has 1 aliphatic carbocycles. The molecule has 0 spiro atoms. The molecule has 0 atom stereocenters. The van der Waals surface area contributed by atoms with Crippen LogP contribution < -0.4 is 0 Å². The van der Waals surface area contributed by atoms with Crippen LogP contribution in [0.2, 0.25) is 0 Å². The Bertz CT molecular complexity index is 229. The van der Waals surface area contributed by atoms with E-state index in [1.54, 1.807) is 18.2 Å². The van der Waals surface area contributed by atoms with Crippen molar-refractivity contribution in [3.8, 4) is 0 Å². The maximum absolute atomic E-state index is 8.99. The summed E-state index contributed by atoms with van der Waals surface area (Å²) >= 11 is 0. The third-order valence-corrected chi connectivity index (χ3v) is 1.42. The van der Waals surface area contributed by atoms with Crippen LogP contribution in [-0.4, -0.2) is 22.3 Å². The largest absolute Gasteiger partial charge is 0.512 e. The molecule has 0 aromatic carbocycles. The van der Waals surface area contributed by atoms with Crippen molar-refractivity contribution < 1.29 is 15.2 Å². The van der Waals surface area contributed by atoms with E-state index in [1.807, 2.05) is 13.8 Å². The standard InChI is InChI=1S/C7H9BO3.C2H6/c9-7-3-1-2-6(4-5-7)8(10)11;1-2/h1-4,9-11H,5H2;1-2H3. The van der Waals surface area contributed by atoms with Gasteiger partial charge in [-0.25, -0.2) is 0 Å². The minimum absolute atomic E-state index is 0.219. The summed E-state index contributed by atoms with van der Waals surface area (Å²) in [6, 6.07) is 0. The molecule has 0 unspecified atom stereocenters. The Morgan fingerprint density at radius 3 is 2.46 bits per heavy atom. The van der Waals surface area contributed by atoms with Gasteiger partial charge in [0.25, 0.3) is 0 Å². The fraction of sp³-hybridized carbons (Fsp3) is 0.333. The lowest BCUT2D eigenvalue weighted by atomic mass is 9.79. The zero-order valence-electron chi connectivity index (χ0n) is 7.94. The Kier molecular flexibility index (Phi) is 6.01. The molecule has 3 N–H and O–H groups in total. The number of hydrogen-bond acceptors (Lipinski definition) is 3. The minimum atomic E-state index is -1.45. The van der Waals surface area contributed by atoms with E-state index in [0.717, 1.165) is 0 Å². The van der Waals surface area contributed by atoms with Crippen LogP contribution in [0.25, 0.3) is 0 Å². The molecule has 0 radical (unpaired) electrons. The van der Waals surface area contributed by atoms with E-state index < -0.39 is 7.12 Å². The van der Waals surface area contributed by atoms with Gasteiger partial charge in [0.05, 0.1) is 5.76 Å². The topological polar surface area (TPSA) is 60.7 Å². The zero-order chi connectivity index (χ0) is 10.3. The lowest BCUT2D eigenvalue weighted by Gasteiger charge is -1.96. The highest BCUT2D eigenvalue weighted by Crippen LogP contribution is 2.09. The van der Waals surface area contributed by atoms with Crippen LogP contribution in [0.5, 0.6) is 0 Å². The molecule has 0 saturated carbocycles. The average Bonchev–Trinajstić information content (AvgIpc) is 2.33. The molecular formula is C9H15BO3. The van der Waals surface area contributed by atoms with Gasteiger partial charge in [0, 0.05) is 6.42 Å². The normalized spacial score (nSPS) is 14.8. The number of hydrogen-bond donors (Lipinski definition) is 3. The Morgan fingerprint density at radius 2 is 1.92 bits per heavy atom. The molecule has 1 rings (SSSR count). The number of rotatable bonds is 1. The maximum atomic E-state index is 8.99. The Balaban J connectivity index is 0.000000671. The molecule has 0 aromatic heterocycles. The molecule has 0 bridgehead atoms. The summed E-state index contributed by atoms with van der Waals surface area (Å²) in [6.07, 6.45) is 6.56. The predicted octanol–water partition coefficient (Wildman–Crippen LogP) is 1.35. The number of allylic oxidation sites excluding steroid dienone is 5. The minimum Gasteiger partial charge on any atom is -0.512 e. The quantitative estimate of drug-likeness (QED) is 0.536. The van der Waals surface area contributed by atoms with Crippen LogP contribution in [0.3, 0.4) is 0 Å². The van der Waals surface area contributed by atoms with Crippen LogP contribution in [0, 0.1) is 0 Å². The molecule has 4 heteroatoms. The van der Waals surface area contributed by atoms with Gasteiger partial charge < -0.3 is 15.2 Å². The molecule has 1 aliphatic rings. The third kappa shape index (κ3) is 4.55. The van der Waals surface area contributed by atoms with Gasteiger partial charge in [0.2, 0.25) is 0 Å². The van der Waals surface area contributed by atoms with Gasteiger partial charge in [-0.1, -0.05) is 32.1 Å². The van der Waals surface area contributed by atoms with Gasteiger partial charge in [-0.05, 0) is 11.5 Å². The molecule has 0 saturated heterocycles. The van der Waals surface area contributed by atoms with E-state index in [2.05, 4.69) is 0 Å². The highest BCUT2D eigenvalue weighted by atomic mass is 16.4. The summed E-state index contributed by atoms with van der Waals surface area (Å²) in [5.74, 6) is 0.219. The van der Waals surface area contributed by atoms with Gasteiger partial charge in [-0.2, -0.15) is 0 Å². The van der Waals surface area contributed by atoms with E-state index in [1.165, 1.54) is 6.08 Å². The van der Waals surface area contributed by atoms with Gasteiger partial charge in [0.15, 0.2) is 0 Å². The van der Waals surface area contributed by atoms with Crippen molar-refractivity contribution >= 4 is 7.12 Å². The highest BCUT2D eigenvalue weighted by molar-refractivity contribution is 6.51. The number of aliphatic hydroxyl groups excluding tert-OH is 1. The first-order valence-electron chi connectivity index (χ1n) is 4.32. The molecular weight excluding hydrogens is 167 g/mol. The molecule has 0 amide bonds. The SMILES string of the molecule is CC.OB(O)C1=CCC(O)=CC=C1. The van der Waals surface area contributed by atoms with Crippen LogP contribution in [-0.2, 0) is 0 Å². The molecule has 0 heterocycles. The predicted molar refractivity (Wildman–Crippen MR) is 54.1 cm³/mol. The lowest BCUT2D eigenvalue weighted by Crippen LogP contribution is -2.13. The van der Waals surface area contributed by atoms with Crippen molar-refractivity contribution in [2.75, 3.05) is 0 Å². The summed E-state index contributed by atoms with van der Waals surface area (Å²) in [7, 11) is -1.45. The average molecular weight is 182 g/mol. The third-order valence-electron chi connectivity index (χ3n) is 1.42. The molecule has 72 valence electrons. The summed E-state index contributed by atoms with van der Waals surface area (Å²) in [6.45, 7) is 4.00. The monoisotopic (exact) mass is 182 g/mol. The second-order valence-electron chi connectivity index (χ2n) is 2.30. The van der Waals surface area contributed by atoms with E-state index >= 15 is 0 Å². The molecule has 0 fully saturated rings. The Hall–Kier alpha value is -0.995. The van der Waals surface area contributed by atoms with Gasteiger partial charge in [-0.3, -0.25) is 0 Å². The van der Waals surface area contributed by atoms with Gasteiger partial charge in [0.1, 0.15) is 0 Å². The number of aliphatic hydroxyl groups is 1. The lowest BCUT2D eigenvalue weighted by molar-refractivity contribution is 0.401. The first-order chi connectivity index (χ1) is 6.20. The van der Waals surface area contributed by atoms with Crippen LogP contribution in [0.1, 0.15) is 20.3 Å². The summed E-state index contributed by atoms with van der Waals surface area (Å²) in [4.78, 5) is 0. The summed E-state index contributed by atoms with van der Waals surface area (Å²) in [5.41, 5.74) is 0.408. The van der Waals surface area contributed by atoms with Crippen molar-refractivity contribution in [1.82, 2.24) is 0 Å².